The monoisotopic (exact) mass is 505 g/mol. The molecule has 1 N–H and O–H groups in total. The maximum Gasteiger partial charge on any atom is 0.321 e. The second kappa shape index (κ2) is 10.4. The molecule has 0 unspecified atom stereocenters. The summed E-state index contributed by atoms with van der Waals surface area (Å²) >= 11 is 0. The first-order valence-corrected chi connectivity index (χ1v) is 12.9. The van der Waals surface area contributed by atoms with Crippen molar-refractivity contribution in [2.75, 3.05) is 29.9 Å². The number of benzene rings is 3. The van der Waals surface area contributed by atoms with E-state index in [1.807, 2.05) is 18.2 Å². The van der Waals surface area contributed by atoms with Gasteiger partial charge >= 0.3 is 6.03 Å². The smallest absolute Gasteiger partial charge is 0.321 e. The molecule has 0 bridgehead atoms. The van der Waals surface area contributed by atoms with Crippen molar-refractivity contribution in [3.05, 3.63) is 89.5 Å². The second-order valence-corrected chi connectivity index (χ2v) is 10.4. The molecule has 5 nitrogen and oxygen atoms in total. The molecule has 1 spiro atoms. The van der Waals surface area contributed by atoms with Gasteiger partial charge < -0.3 is 19.9 Å². The number of anilines is 2. The van der Waals surface area contributed by atoms with E-state index < -0.39 is 11.6 Å². The number of urea groups is 1. The number of likely N-dealkylation sites (tertiary alicyclic amines) is 1. The first-order valence-electron chi connectivity index (χ1n) is 12.9. The Morgan fingerprint density at radius 1 is 0.946 bits per heavy atom. The molecule has 0 radical (unpaired) electrons. The lowest BCUT2D eigenvalue weighted by Gasteiger charge is -2.41. The summed E-state index contributed by atoms with van der Waals surface area (Å²) in [7, 11) is 0. The van der Waals surface area contributed by atoms with E-state index in [0.717, 1.165) is 49.1 Å². The van der Waals surface area contributed by atoms with Gasteiger partial charge in [0, 0.05) is 57.2 Å². The number of para-hydroxylation sites is 2. The molecule has 37 heavy (non-hydrogen) atoms. The number of ether oxygens (including phenoxy) is 1. The van der Waals surface area contributed by atoms with Crippen molar-refractivity contribution in [2.24, 2.45) is 0 Å². The van der Waals surface area contributed by atoms with Crippen molar-refractivity contribution in [1.82, 2.24) is 4.90 Å². The van der Waals surface area contributed by atoms with Crippen LogP contribution in [0.3, 0.4) is 0 Å². The highest BCUT2D eigenvalue weighted by atomic mass is 19.1. The molecule has 194 valence electrons. The van der Waals surface area contributed by atoms with Gasteiger partial charge in [-0.1, -0.05) is 50.2 Å². The molecule has 2 heterocycles. The highest BCUT2D eigenvalue weighted by Gasteiger charge is 2.40. The van der Waals surface area contributed by atoms with Crippen LogP contribution >= 0.6 is 0 Å². The van der Waals surface area contributed by atoms with Gasteiger partial charge in [0.1, 0.15) is 23.0 Å². The highest BCUT2D eigenvalue weighted by molar-refractivity contribution is 5.89. The predicted octanol–water partition coefficient (Wildman–Crippen LogP) is 6.94. The third kappa shape index (κ3) is 5.71. The minimum atomic E-state index is -0.723. The molecule has 3 aromatic carbocycles. The summed E-state index contributed by atoms with van der Waals surface area (Å²) in [5.74, 6) is -0.0752. The zero-order valence-corrected chi connectivity index (χ0v) is 21.3. The van der Waals surface area contributed by atoms with Gasteiger partial charge in [-0.05, 0) is 41.3 Å². The third-order valence-electron chi connectivity index (χ3n) is 7.47. The average molecular weight is 506 g/mol. The number of halogens is 2. The molecule has 0 saturated carbocycles. The number of carbonyl (C=O) groups is 1. The van der Waals surface area contributed by atoms with E-state index in [4.69, 9.17) is 4.74 Å². The number of amides is 2. The Labute approximate surface area is 217 Å². The van der Waals surface area contributed by atoms with E-state index in [1.165, 1.54) is 11.1 Å². The number of rotatable bonds is 4. The molecule has 3 aromatic rings. The summed E-state index contributed by atoms with van der Waals surface area (Å²) in [4.78, 5) is 16.8. The zero-order chi connectivity index (χ0) is 26.0. The Morgan fingerprint density at radius 2 is 1.59 bits per heavy atom. The van der Waals surface area contributed by atoms with Crippen LogP contribution in [0.4, 0.5) is 25.0 Å². The van der Waals surface area contributed by atoms with E-state index in [1.54, 1.807) is 4.90 Å². The van der Waals surface area contributed by atoms with Crippen LogP contribution in [0.5, 0.6) is 5.75 Å². The maximum atomic E-state index is 13.5. The number of piperidine rings is 1. The van der Waals surface area contributed by atoms with E-state index in [-0.39, 0.29) is 17.3 Å². The Bertz CT molecular complexity index is 1230. The van der Waals surface area contributed by atoms with Gasteiger partial charge in [0.25, 0.3) is 0 Å². The molecule has 1 saturated heterocycles. The topological polar surface area (TPSA) is 44.8 Å². The van der Waals surface area contributed by atoms with Crippen LogP contribution in [0.2, 0.25) is 0 Å². The summed E-state index contributed by atoms with van der Waals surface area (Å²) in [5.41, 5.74) is 3.42. The van der Waals surface area contributed by atoms with Crippen molar-refractivity contribution in [2.45, 2.75) is 51.2 Å². The minimum absolute atomic E-state index is 0.111. The number of fused-ring (bicyclic) bond motifs is 1. The second-order valence-electron chi connectivity index (χ2n) is 10.4. The molecule has 0 atom stereocenters. The van der Waals surface area contributed by atoms with E-state index >= 15 is 0 Å². The van der Waals surface area contributed by atoms with Crippen molar-refractivity contribution < 1.29 is 18.3 Å². The number of nitrogens with one attached hydrogen (secondary N) is 1. The Morgan fingerprint density at radius 3 is 2.27 bits per heavy atom. The lowest BCUT2D eigenvalue weighted by Crippen LogP contribution is -2.51. The van der Waals surface area contributed by atoms with Gasteiger partial charge in [-0.25, -0.2) is 13.6 Å². The van der Waals surface area contributed by atoms with Crippen molar-refractivity contribution in [1.29, 1.82) is 0 Å². The first-order chi connectivity index (χ1) is 17.8. The molecule has 5 rings (SSSR count). The van der Waals surface area contributed by atoms with Crippen molar-refractivity contribution >= 4 is 17.4 Å². The van der Waals surface area contributed by atoms with Crippen molar-refractivity contribution in [3.63, 3.8) is 0 Å². The third-order valence-corrected chi connectivity index (χ3v) is 7.47. The van der Waals surface area contributed by atoms with Crippen LogP contribution in [0.1, 0.15) is 50.2 Å². The molecular formula is C30H33F2N3O2. The maximum absolute atomic E-state index is 13.5. The summed E-state index contributed by atoms with van der Waals surface area (Å²) < 4.78 is 33.7. The average Bonchev–Trinajstić information content (AvgIpc) is 3.01. The number of hydrogen-bond donors (Lipinski definition) is 1. The van der Waals surface area contributed by atoms with Crippen LogP contribution in [-0.4, -0.2) is 36.2 Å². The minimum Gasteiger partial charge on any atom is -0.485 e. The molecule has 1 fully saturated rings. The number of carbonyl (C=O) groups excluding carboxylic acids is 1. The molecule has 7 heteroatoms. The molecule has 2 aliphatic heterocycles. The van der Waals surface area contributed by atoms with Crippen LogP contribution < -0.4 is 15.0 Å². The molecule has 2 amide bonds. The SMILES string of the molecule is CC(C)c1ccc(CN2CCC3(CCN(C(=O)Nc4cc(F)cc(F)c4)CC3)Oc3ccccc32)cc1. The fraction of sp³-hybridized carbons (Fsp3) is 0.367. The van der Waals surface area contributed by atoms with Crippen LogP contribution in [-0.2, 0) is 6.54 Å². The lowest BCUT2D eigenvalue weighted by atomic mass is 9.87. The Hall–Kier alpha value is -3.61. The van der Waals surface area contributed by atoms with Gasteiger partial charge in [-0.2, -0.15) is 0 Å². The zero-order valence-electron chi connectivity index (χ0n) is 21.3. The summed E-state index contributed by atoms with van der Waals surface area (Å²) in [5, 5.41) is 2.62. The molecular weight excluding hydrogens is 472 g/mol. The Balaban J connectivity index is 1.26. The normalized spacial score (nSPS) is 16.8. The van der Waals surface area contributed by atoms with Crippen LogP contribution in [0, 0.1) is 11.6 Å². The van der Waals surface area contributed by atoms with Gasteiger partial charge in [0.05, 0.1) is 5.69 Å². The number of nitrogens with zero attached hydrogens (tertiary/aromatic N) is 2. The number of hydrogen-bond acceptors (Lipinski definition) is 3. The highest BCUT2D eigenvalue weighted by Crippen LogP contribution is 2.41. The van der Waals surface area contributed by atoms with E-state index in [9.17, 15) is 13.6 Å². The molecule has 0 aliphatic carbocycles. The summed E-state index contributed by atoms with van der Waals surface area (Å²) in [6.07, 6.45) is 2.21. The first kappa shape index (κ1) is 25.1. The van der Waals surface area contributed by atoms with Gasteiger partial charge in [-0.3, -0.25) is 0 Å². The largest absolute Gasteiger partial charge is 0.485 e. The van der Waals surface area contributed by atoms with Crippen LogP contribution in [0.15, 0.2) is 66.7 Å². The fourth-order valence-electron chi connectivity index (χ4n) is 5.24. The van der Waals surface area contributed by atoms with Crippen LogP contribution in [0.25, 0.3) is 0 Å². The van der Waals surface area contributed by atoms with Crippen molar-refractivity contribution in [3.8, 4) is 5.75 Å². The quantitative estimate of drug-likeness (QED) is 0.418. The standard InChI is InChI=1S/C30H33F2N3O2/c1-21(2)23-9-7-22(8-10-23)20-35-16-13-30(37-28-6-4-3-5-27(28)35)11-14-34(15-12-30)29(36)33-26-18-24(31)17-25(32)19-26/h3-10,17-19,21H,11-16,20H2,1-2H3,(H,33,36). The van der Waals surface area contributed by atoms with Gasteiger partial charge in [-0.15, -0.1) is 0 Å². The van der Waals surface area contributed by atoms with E-state index in [2.05, 4.69) is 54.4 Å². The Kier molecular flexibility index (Phi) is 7.04. The predicted molar refractivity (Wildman–Crippen MR) is 142 cm³/mol. The van der Waals surface area contributed by atoms with E-state index in [0.29, 0.717) is 31.8 Å². The molecule has 0 aromatic heterocycles. The summed E-state index contributed by atoms with van der Waals surface area (Å²) in [6, 6.07) is 19.7. The van der Waals surface area contributed by atoms with Gasteiger partial charge in [0.2, 0.25) is 0 Å². The van der Waals surface area contributed by atoms with Gasteiger partial charge in [0.15, 0.2) is 0 Å². The fourth-order valence-corrected chi connectivity index (χ4v) is 5.24. The lowest BCUT2D eigenvalue weighted by molar-refractivity contribution is 0.0110. The summed E-state index contributed by atoms with van der Waals surface area (Å²) in [6.45, 7) is 7.05. The molecule has 2 aliphatic rings.